The van der Waals surface area contributed by atoms with Crippen LogP contribution in [0, 0.1) is 0 Å². The highest BCUT2D eigenvalue weighted by molar-refractivity contribution is 5.70. The Morgan fingerprint density at radius 2 is 1.03 bits per heavy atom. The molecule has 30 heavy (non-hydrogen) atoms. The molecule has 0 spiro atoms. The fourth-order valence-corrected chi connectivity index (χ4v) is 2.60. The Kier molecular flexibility index (Phi) is 17.0. The van der Waals surface area contributed by atoms with Crippen LogP contribution in [0.15, 0.2) is 0 Å². The van der Waals surface area contributed by atoms with Gasteiger partial charge in [0.15, 0.2) is 0 Å². The molecule has 0 aromatic rings. The van der Waals surface area contributed by atoms with E-state index in [1.54, 1.807) is 0 Å². The summed E-state index contributed by atoms with van der Waals surface area (Å²) in [6.07, 6.45) is 0.978. The number of methoxy groups -OCH3 is 3. The summed E-state index contributed by atoms with van der Waals surface area (Å²) in [6, 6.07) is 0. The minimum atomic E-state index is -0.256. The number of esters is 3. The van der Waals surface area contributed by atoms with Crippen molar-refractivity contribution in [1.29, 1.82) is 0 Å². The second-order valence-corrected chi connectivity index (χ2v) is 7.18. The molecule has 1 N–H and O–H groups in total. The first kappa shape index (κ1) is 28.2. The molecule has 0 amide bonds. The van der Waals surface area contributed by atoms with Gasteiger partial charge in [-0.1, -0.05) is 0 Å². The first-order valence-corrected chi connectivity index (χ1v) is 10.3. The normalized spacial score (nSPS) is 11.2. The summed E-state index contributed by atoms with van der Waals surface area (Å²) < 4.78 is 14.0. The fraction of sp³-hybridized carbons (Fsp3) is 0.850. The Morgan fingerprint density at radius 3 is 1.53 bits per heavy atom. The minimum Gasteiger partial charge on any atom is -0.469 e. The third-order valence-corrected chi connectivity index (χ3v) is 4.78. The monoisotopic (exact) mass is 432 g/mol. The van der Waals surface area contributed by atoms with E-state index < -0.39 is 0 Å². The van der Waals surface area contributed by atoms with Gasteiger partial charge in [-0.15, -0.1) is 0 Å². The summed E-state index contributed by atoms with van der Waals surface area (Å²) in [4.78, 5) is 40.4. The molecular weight excluding hydrogens is 392 g/mol. The topological polar surface area (TPSA) is 101 Å². The average Bonchev–Trinajstić information content (AvgIpc) is 2.75. The van der Waals surface area contributed by atoms with Crippen LogP contribution in [-0.4, -0.2) is 127 Å². The van der Waals surface area contributed by atoms with Crippen LogP contribution in [-0.2, 0) is 28.6 Å². The van der Waals surface area contributed by atoms with Gasteiger partial charge in [-0.05, 0) is 14.1 Å². The third-order valence-electron chi connectivity index (χ3n) is 4.78. The third kappa shape index (κ3) is 16.1. The van der Waals surface area contributed by atoms with Gasteiger partial charge in [-0.3, -0.25) is 14.4 Å². The Balaban J connectivity index is 4.08. The lowest BCUT2D eigenvalue weighted by molar-refractivity contribution is -0.142. The van der Waals surface area contributed by atoms with Crippen LogP contribution in [0.5, 0.6) is 0 Å². The summed E-state index contributed by atoms with van der Waals surface area (Å²) in [6.45, 7) is 6.82. The molecule has 0 aromatic heterocycles. The first-order chi connectivity index (χ1) is 14.3. The van der Waals surface area contributed by atoms with Crippen molar-refractivity contribution >= 4 is 17.9 Å². The van der Waals surface area contributed by atoms with E-state index in [2.05, 4.69) is 38.8 Å². The number of nitrogens with zero attached hydrogens (tertiary/aromatic N) is 3. The van der Waals surface area contributed by atoms with Gasteiger partial charge in [-0.2, -0.15) is 0 Å². The zero-order valence-electron chi connectivity index (χ0n) is 19.3. The van der Waals surface area contributed by atoms with E-state index in [4.69, 9.17) is 9.47 Å². The van der Waals surface area contributed by atoms with Gasteiger partial charge in [0.25, 0.3) is 0 Å². The molecule has 0 saturated carbocycles. The van der Waals surface area contributed by atoms with Crippen LogP contribution in [0.4, 0.5) is 0 Å². The molecule has 0 bridgehead atoms. The number of carbonyl (C=O) groups is 3. The maximum absolute atomic E-state index is 11.4. The number of carbonyl (C=O) groups excluding carboxylic acids is 3. The van der Waals surface area contributed by atoms with Crippen molar-refractivity contribution in [1.82, 2.24) is 20.0 Å². The van der Waals surface area contributed by atoms with E-state index in [1.165, 1.54) is 21.3 Å². The van der Waals surface area contributed by atoms with Gasteiger partial charge in [-0.25, -0.2) is 0 Å². The van der Waals surface area contributed by atoms with E-state index in [9.17, 15) is 14.4 Å². The van der Waals surface area contributed by atoms with E-state index in [-0.39, 0.29) is 17.9 Å². The molecule has 10 nitrogen and oxygen atoms in total. The van der Waals surface area contributed by atoms with Crippen LogP contribution >= 0.6 is 0 Å². The average molecular weight is 433 g/mol. The Labute approximate surface area is 180 Å². The fourth-order valence-electron chi connectivity index (χ4n) is 2.60. The number of hydrogen-bond donors (Lipinski definition) is 1. The molecular formula is C20H40N4O6. The van der Waals surface area contributed by atoms with Crippen molar-refractivity contribution in [3.63, 3.8) is 0 Å². The lowest BCUT2D eigenvalue weighted by atomic mass is 10.3. The predicted molar refractivity (Wildman–Crippen MR) is 114 cm³/mol. The lowest BCUT2D eigenvalue weighted by Crippen LogP contribution is -2.39. The lowest BCUT2D eigenvalue weighted by Gasteiger charge is -2.26. The summed E-state index contributed by atoms with van der Waals surface area (Å²) in [7, 11) is 8.26. The maximum atomic E-state index is 11.4. The van der Waals surface area contributed by atoms with Gasteiger partial charge < -0.3 is 34.2 Å². The van der Waals surface area contributed by atoms with Crippen molar-refractivity contribution in [2.24, 2.45) is 0 Å². The summed E-state index contributed by atoms with van der Waals surface area (Å²) >= 11 is 0. The highest BCUT2D eigenvalue weighted by Crippen LogP contribution is 1.99. The molecule has 176 valence electrons. The second kappa shape index (κ2) is 18.1. The minimum absolute atomic E-state index is 0.204. The van der Waals surface area contributed by atoms with Crippen LogP contribution in [0.2, 0.25) is 0 Å². The van der Waals surface area contributed by atoms with E-state index in [1.807, 2.05) is 0 Å². The highest BCUT2D eigenvalue weighted by Gasteiger charge is 2.12. The quantitative estimate of drug-likeness (QED) is 0.172. The summed E-state index contributed by atoms with van der Waals surface area (Å²) in [5, 5.41) is 3.23. The molecule has 0 fully saturated rings. The molecule has 0 aliphatic rings. The molecule has 0 rings (SSSR count). The van der Waals surface area contributed by atoms with Gasteiger partial charge in [0.1, 0.15) is 0 Å². The smallest absolute Gasteiger partial charge is 0.306 e. The molecule has 0 atom stereocenters. The van der Waals surface area contributed by atoms with Gasteiger partial charge >= 0.3 is 17.9 Å². The standard InChI is InChI=1S/C20H40N4O6/c1-22(13-10-21-9-6-18(25)28-3)14-15-23(2)16-17-24(11-7-19(26)29-4)12-8-20(27)30-5/h21H,6-17H2,1-5H3. The molecule has 0 aliphatic carbocycles. The molecule has 0 saturated heterocycles. The number of likely N-dealkylation sites (N-methyl/N-ethyl adjacent to an activating group) is 2. The van der Waals surface area contributed by atoms with Crippen LogP contribution < -0.4 is 5.32 Å². The van der Waals surface area contributed by atoms with Gasteiger partial charge in [0.05, 0.1) is 40.6 Å². The molecule has 10 heteroatoms. The van der Waals surface area contributed by atoms with Crippen molar-refractivity contribution in [3.05, 3.63) is 0 Å². The Morgan fingerprint density at radius 1 is 0.600 bits per heavy atom. The molecule has 0 radical (unpaired) electrons. The van der Waals surface area contributed by atoms with Gasteiger partial charge in [0, 0.05) is 58.9 Å². The van der Waals surface area contributed by atoms with Crippen molar-refractivity contribution in [2.75, 3.05) is 94.3 Å². The van der Waals surface area contributed by atoms with Crippen molar-refractivity contribution < 1.29 is 28.6 Å². The highest BCUT2D eigenvalue weighted by atomic mass is 16.5. The summed E-state index contributed by atoms with van der Waals surface area (Å²) in [5.74, 6) is -0.716. The summed E-state index contributed by atoms with van der Waals surface area (Å²) in [5.41, 5.74) is 0. The second-order valence-electron chi connectivity index (χ2n) is 7.18. The number of hydrogen-bond acceptors (Lipinski definition) is 10. The molecule has 0 unspecified atom stereocenters. The Hall–Kier alpha value is -1.75. The first-order valence-electron chi connectivity index (χ1n) is 10.3. The van der Waals surface area contributed by atoms with Crippen molar-refractivity contribution in [2.45, 2.75) is 19.3 Å². The number of rotatable bonds is 18. The molecule has 0 aliphatic heterocycles. The Bertz CT molecular complexity index is 472. The van der Waals surface area contributed by atoms with Crippen molar-refractivity contribution in [3.8, 4) is 0 Å². The van der Waals surface area contributed by atoms with E-state index in [0.717, 1.165) is 39.3 Å². The largest absolute Gasteiger partial charge is 0.469 e. The van der Waals surface area contributed by atoms with Crippen LogP contribution in [0.3, 0.4) is 0 Å². The molecule has 0 aromatic carbocycles. The SMILES string of the molecule is COC(=O)CCNCCN(C)CCN(C)CCN(CCC(=O)OC)CCC(=O)OC. The zero-order valence-corrected chi connectivity index (χ0v) is 19.3. The predicted octanol–water partition coefficient (Wildman–Crippen LogP) is -0.569. The van der Waals surface area contributed by atoms with E-state index in [0.29, 0.717) is 38.9 Å². The molecule has 0 heterocycles. The van der Waals surface area contributed by atoms with E-state index >= 15 is 0 Å². The maximum Gasteiger partial charge on any atom is 0.306 e. The number of nitrogens with one attached hydrogen (secondary N) is 1. The van der Waals surface area contributed by atoms with Crippen LogP contribution in [0.25, 0.3) is 0 Å². The zero-order chi connectivity index (χ0) is 22.8. The number of ether oxygens (including phenoxy) is 3. The van der Waals surface area contributed by atoms with Gasteiger partial charge in [0.2, 0.25) is 0 Å². The van der Waals surface area contributed by atoms with Crippen LogP contribution in [0.1, 0.15) is 19.3 Å².